The summed E-state index contributed by atoms with van der Waals surface area (Å²) in [5.41, 5.74) is 2.72. The van der Waals surface area contributed by atoms with Crippen molar-refractivity contribution in [1.29, 1.82) is 0 Å². The van der Waals surface area contributed by atoms with Crippen LogP contribution in [0.2, 0.25) is 0 Å². The smallest absolute Gasteiger partial charge is 0.0852 e. The van der Waals surface area contributed by atoms with Crippen molar-refractivity contribution in [3.63, 3.8) is 0 Å². The number of nitrogens with zero attached hydrogens (tertiary/aromatic N) is 1. The van der Waals surface area contributed by atoms with Crippen LogP contribution in [0, 0.1) is 4.91 Å². The van der Waals surface area contributed by atoms with Crippen LogP contribution >= 0.6 is 0 Å². The Bertz CT molecular complexity index is 345. The lowest BCUT2D eigenvalue weighted by atomic mass is 9.96. The lowest BCUT2D eigenvalue weighted by Crippen LogP contribution is -1.92. The Labute approximate surface area is 84.0 Å². The van der Waals surface area contributed by atoms with Crippen LogP contribution in [-0.2, 0) is 0 Å². The number of hydrogen-bond acceptors (Lipinski definition) is 2. The van der Waals surface area contributed by atoms with Crippen molar-refractivity contribution >= 4 is 0 Å². The minimum Gasteiger partial charge on any atom is -0.145 e. The normalized spacial score (nSPS) is 16.0. The first kappa shape index (κ1) is 10.4. The number of nitroso groups, excluding NO2 is 1. The van der Waals surface area contributed by atoms with Crippen molar-refractivity contribution < 1.29 is 0 Å². The van der Waals surface area contributed by atoms with Gasteiger partial charge in [-0.1, -0.05) is 37.5 Å². The summed E-state index contributed by atoms with van der Waals surface area (Å²) in [5.74, 6) is 0. The highest BCUT2D eigenvalue weighted by Gasteiger charge is 2.07. The minimum atomic E-state index is 0.606. The van der Waals surface area contributed by atoms with Crippen LogP contribution in [0.5, 0.6) is 0 Å². The molecule has 72 valence electrons. The molecule has 0 aromatic carbocycles. The second-order valence-electron chi connectivity index (χ2n) is 3.06. The van der Waals surface area contributed by atoms with E-state index in [2.05, 4.69) is 18.3 Å². The van der Waals surface area contributed by atoms with Gasteiger partial charge in [0.1, 0.15) is 0 Å². The number of allylic oxidation sites excluding steroid dienone is 8. The van der Waals surface area contributed by atoms with E-state index in [1.54, 1.807) is 12.2 Å². The quantitative estimate of drug-likeness (QED) is 0.488. The second-order valence-corrected chi connectivity index (χ2v) is 3.06. The highest BCUT2D eigenvalue weighted by Crippen LogP contribution is 2.24. The van der Waals surface area contributed by atoms with E-state index in [9.17, 15) is 4.91 Å². The van der Waals surface area contributed by atoms with Crippen LogP contribution in [0.1, 0.15) is 12.8 Å². The Hall–Kier alpha value is -1.70. The fraction of sp³-hybridized carbons (Fsp3) is 0.167. The Morgan fingerprint density at radius 3 is 2.71 bits per heavy atom. The monoisotopic (exact) mass is 187 g/mol. The van der Waals surface area contributed by atoms with E-state index in [1.165, 1.54) is 0 Å². The van der Waals surface area contributed by atoms with E-state index < -0.39 is 0 Å². The molecule has 0 fully saturated rings. The molecule has 0 amide bonds. The predicted molar refractivity (Wildman–Crippen MR) is 59.7 cm³/mol. The first-order chi connectivity index (χ1) is 6.77. The van der Waals surface area contributed by atoms with Crippen molar-refractivity contribution in [2.45, 2.75) is 12.8 Å². The fourth-order valence-corrected chi connectivity index (χ4v) is 1.26. The van der Waals surface area contributed by atoms with E-state index in [1.807, 2.05) is 18.2 Å². The fourth-order valence-electron chi connectivity index (χ4n) is 1.26. The second kappa shape index (κ2) is 5.12. The molecule has 14 heavy (non-hydrogen) atoms. The maximum atomic E-state index is 10.2. The van der Waals surface area contributed by atoms with Crippen molar-refractivity contribution in [3.8, 4) is 0 Å². The van der Waals surface area contributed by atoms with Gasteiger partial charge in [0.15, 0.2) is 0 Å². The molecule has 0 atom stereocenters. The molecule has 0 bridgehead atoms. The molecule has 2 nitrogen and oxygen atoms in total. The zero-order chi connectivity index (χ0) is 10.4. The van der Waals surface area contributed by atoms with Gasteiger partial charge in [-0.05, 0) is 35.2 Å². The number of rotatable bonds is 4. The minimum absolute atomic E-state index is 0.606. The van der Waals surface area contributed by atoms with Gasteiger partial charge in [-0.3, -0.25) is 0 Å². The molecule has 1 aliphatic rings. The molecule has 0 aromatic rings. The van der Waals surface area contributed by atoms with Crippen LogP contribution in [-0.4, -0.2) is 0 Å². The summed E-state index contributed by atoms with van der Waals surface area (Å²) in [4.78, 5) is 10.2. The van der Waals surface area contributed by atoms with Gasteiger partial charge in [0.05, 0.1) is 5.70 Å². The van der Waals surface area contributed by atoms with E-state index in [0.717, 1.165) is 17.6 Å². The number of hydrogen-bond donors (Lipinski definition) is 0. The van der Waals surface area contributed by atoms with Gasteiger partial charge in [-0.25, -0.2) is 0 Å². The van der Waals surface area contributed by atoms with Gasteiger partial charge in [0.2, 0.25) is 0 Å². The molecule has 1 aliphatic carbocycles. The van der Waals surface area contributed by atoms with Gasteiger partial charge < -0.3 is 0 Å². The molecule has 0 aromatic heterocycles. The summed E-state index contributed by atoms with van der Waals surface area (Å²) in [6.07, 6.45) is 10.7. The molecule has 0 aliphatic heterocycles. The maximum absolute atomic E-state index is 10.2. The Morgan fingerprint density at radius 1 is 1.43 bits per heavy atom. The van der Waals surface area contributed by atoms with Gasteiger partial charge in [-0.15, -0.1) is 4.91 Å². The average Bonchev–Trinajstić information content (AvgIpc) is 2.26. The van der Waals surface area contributed by atoms with Crippen LogP contribution in [0.3, 0.4) is 0 Å². The predicted octanol–water partition coefficient (Wildman–Crippen LogP) is 3.66. The molecule has 0 radical (unpaired) electrons. The first-order valence-electron chi connectivity index (χ1n) is 4.49. The molecule has 1 rings (SSSR count). The van der Waals surface area contributed by atoms with Crippen LogP contribution in [0.25, 0.3) is 0 Å². The van der Waals surface area contributed by atoms with Crippen molar-refractivity contribution in [2.24, 2.45) is 5.18 Å². The Kier molecular flexibility index (Phi) is 3.80. The summed E-state index contributed by atoms with van der Waals surface area (Å²) in [5, 5.41) is 2.91. The Morgan fingerprint density at radius 2 is 2.21 bits per heavy atom. The van der Waals surface area contributed by atoms with Gasteiger partial charge in [0.25, 0.3) is 0 Å². The van der Waals surface area contributed by atoms with Crippen LogP contribution < -0.4 is 0 Å². The topological polar surface area (TPSA) is 29.4 Å². The summed E-state index contributed by atoms with van der Waals surface area (Å²) in [7, 11) is 0. The van der Waals surface area contributed by atoms with Gasteiger partial charge in [-0.2, -0.15) is 0 Å². The lowest BCUT2D eigenvalue weighted by Gasteiger charge is -2.10. The van der Waals surface area contributed by atoms with Gasteiger partial charge in [0, 0.05) is 0 Å². The van der Waals surface area contributed by atoms with E-state index in [4.69, 9.17) is 0 Å². The van der Waals surface area contributed by atoms with Crippen molar-refractivity contribution in [1.82, 2.24) is 0 Å². The first-order valence-corrected chi connectivity index (χ1v) is 4.49. The molecule has 0 unspecified atom stereocenters. The molecule has 2 heteroatoms. The standard InChI is InChI=1S/C12H13NO/c1-3-4-5-10(2)11-6-8-12(13-14)9-7-11/h3-6,8H,1-2,7,9H2/b5-4-. The third-order valence-corrected chi connectivity index (χ3v) is 2.09. The van der Waals surface area contributed by atoms with Crippen LogP contribution in [0.4, 0.5) is 0 Å². The van der Waals surface area contributed by atoms with E-state index >= 15 is 0 Å². The summed E-state index contributed by atoms with van der Waals surface area (Å²) in [6, 6.07) is 0. The summed E-state index contributed by atoms with van der Waals surface area (Å²) < 4.78 is 0. The molecule has 0 saturated carbocycles. The summed E-state index contributed by atoms with van der Waals surface area (Å²) in [6.45, 7) is 7.51. The molecule has 0 spiro atoms. The average molecular weight is 187 g/mol. The molecule has 0 heterocycles. The summed E-state index contributed by atoms with van der Waals surface area (Å²) >= 11 is 0. The molecule has 0 saturated heterocycles. The highest BCUT2D eigenvalue weighted by molar-refractivity contribution is 5.42. The zero-order valence-corrected chi connectivity index (χ0v) is 8.07. The Balaban J connectivity index is 2.72. The largest absolute Gasteiger partial charge is 0.145 e. The van der Waals surface area contributed by atoms with Crippen LogP contribution in [0.15, 0.2) is 65.6 Å². The SMILES string of the molecule is C=C/C=C\C(=C)C1=CC=C(N=O)CC1. The van der Waals surface area contributed by atoms with Gasteiger partial charge >= 0.3 is 0 Å². The van der Waals surface area contributed by atoms with Crippen molar-refractivity contribution in [3.05, 3.63) is 65.3 Å². The zero-order valence-electron chi connectivity index (χ0n) is 8.07. The third kappa shape index (κ3) is 2.66. The maximum Gasteiger partial charge on any atom is 0.0852 e. The molecule has 0 N–H and O–H groups in total. The third-order valence-electron chi connectivity index (χ3n) is 2.09. The molecular weight excluding hydrogens is 174 g/mol. The van der Waals surface area contributed by atoms with Crippen molar-refractivity contribution in [2.75, 3.05) is 0 Å². The highest BCUT2D eigenvalue weighted by atomic mass is 16.3. The lowest BCUT2D eigenvalue weighted by molar-refractivity contribution is 0.902. The molecular formula is C12H13NO. The van der Waals surface area contributed by atoms with E-state index in [0.29, 0.717) is 12.1 Å². The van der Waals surface area contributed by atoms with E-state index in [-0.39, 0.29) is 0 Å².